The van der Waals surface area contributed by atoms with E-state index in [-0.39, 0.29) is 11.9 Å². The zero-order valence-corrected chi connectivity index (χ0v) is 13.9. The van der Waals surface area contributed by atoms with E-state index >= 15 is 0 Å². The van der Waals surface area contributed by atoms with E-state index in [0.29, 0.717) is 5.92 Å². The highest BCUT2D eigenvalue weighted by atomic mass is 16.1. The second-order valence-electron chi connectivity index (χ2n) is 6.49. The van der Waals surface area contributed by atoms with Crippen molar-refractivity contribution in [2.75, 3.05) is 0 Å². The van der Waals surface area contributed by atoms with E-state index < -0.39 is 0 Å². The Labute approximate surface area is 147 Å². The third kappa shape index (κ3) is 3.61. The summed E-state index contributed by atoms with van der Waals surface area (Å²) in [6.45, 7) is 0. The lowest BCUT2D eigenvalue weighted by Crippen LogP contribution is -2.28. The van der Waals surface area contributed by atoms with Gasteiger partial charge in [0, 0.05) is 23.2 Å². The van der Waals surface area contributed by atoms with Gasteiger partial charge in [0.2, 0.25) is 5.91 Å². The largest absolute Gasteiger partial charge is 0.345 e. The highest BCUT2D eigenvalue weighted by Crippen LogP contribution is 2.40. The van der Waals surface area contributed by atoms with E-state index in [1.54, 1.807) is 12.3 Å². The van der Waals surface area contributed by atoms with Crippen LogP contribution < -0.4 is 5.32 Å². The van der Waals surface area contributed by atoms with Crippen molar-refractivity contribution in [3.05, 3.63) is 84.1 Å². The first-order valence-corrected chi connectivity index (χ1v) is 8.68. The number of nitrogens with one attached hydrogen (secondary N) is 1. The first kappa shape index (κ1) is 15.6. The number of hydrogen-bond donors (Lipinski definition) is 1. The SMILES string of the molecule is O=C(/C=C/c1cccc2cccnc12)NC(c1ccccc1)C1CC1. The lowest BCUT2D eigenvalue weighted by Gasteiger charge is -2.17. The van der Waals surface area contributed by atoms with Crippen LogP contribution in [0.15, 0.2) is 72.9 Å². The fraction of sp³-hybridized carbons (Fsp3) is 0.182. The molecule has 0 bridgehead atoms. The van der Waals surface area contributed by atoms with Crippen LogP contribution in [0.1, 0.15) is 30.0 Å². The average Bonchev–Trinajstić information content (AvgIpc) is 3.50. The van der Waals surface area contributed by atoms with Gasteiger partial charge in [0.1, 0.15) is 0 Å². The van der Waals surface area contributed by atoms with Gasteiger partial charge in [0.15, 0.2) is 0 Å². The third-order valence-corrected chi connectivity index (χ3v) is 4.63. The Hall–Kier alpha value is -2.94. The molecule has 3 heteroatoms. The fourth-order valence-corrected chi connectivity index (χ4v) is 3.19. The zero-order valence-electron chi connectivity index (χ0n) is 13.9. The molecule has 1 aromatic heterocycles. The summed E-state index contributed by atoms with van der Waals surface area (Å²) >= 11 is 0. The summed E-state index contributed by atoms with van der Waals surface area (Å²) in [4.78, 5) is 16.9. The van der Waals surface area contributed by atoms with Gasteiger partial charge in [-0.05, 0) is 36.5 Å². The third-order valence-electron chi connectivity index (χ3n) is 4.63. The predicted molar refractivity (Wildman–Crippen MR) is 101 cm³/mol. The number of rotatable bonds is 5. The number of pyridine rings is 1. The Morgan fingerprint density at radius 2 is 1.84 bits per heavy atom. The molecule has 1 aliphatic carbocycles. The Bertz CT molecular complexity index is 908. The molecule has 124 valence electrons. The molecule has 3 aromatic rings. The van der Waals surface area contributed by atoms with Gasteiger partial charge in [-0.15, -0.1) is 0 Å². The Morgan fingerprint density at radius 1 is 1.04 bits per heavy atom. The molecule has 1 fully saturated rings. The maximum atomic E-state index is 12.5. The molecule has 0 radical (unpaired) electrons. The Kier molecular flexibility index (Phi) is 4.30. The minimum absolute atomic E-state index is 0.0614. The number of amides is 1. The number of carbonyl (C=O) groups excluding carboxylic acids is 1. The number of benzene rings is 2. The molecule has 25 heavy (non-hydrogen) atoms. The lowest BCUT2D eigenvalue weighted by atomic mass is 10.0. The maximum absolute atomic E-state index is 12.5. The van der Waals surface area contributed by atoms with Gasteiger partial charge >= 0.3 is 0 Å². The van der Waals surface area contributed by atoms with Crippen LogP contribution >= 0.6 is 0 Å². The molecular weight excluding hydrogens is 308 g/mol. The van der Waals surface area contributed by atoms with Gasteiger partial charge < -0.3 is 5.32 Å². The zero-order chi connectivity index (χ0) is 17.1. The second kappa shape index (κ2) is 6.89. The average molecular weight is 328 g/mol. The van der Waals surface area contributed by atoms with Crippen LogP contribution in [-0.4, -0.2) is 10.9 Å². The van der Waals surface area contributed by atoms with Crippen LogP contribution in [0.3, 0.4) is 0 Å². The van der Waals surface area contributed by atoms with Crippen molar-refractivity contribution in [3.63, 3.8) is 0 Å². The van der Waals surface area contributed by atoms with Gasteiger partial charge in [-0.3, -0.25) is 9.78 Å². The van der Waals surface area contributed by atoms with Crippen molar-refractivity contribution in [1.29, 1.82) is 0 Å². The van der Waals surface area contributed by atoms with E-state index in [4.69, 9.17) is 0 Å². The summed E-state index contributed by atoms with van der Waals surface area (Å²) in [6.07, 6.45) is 7.59. The Balaban J connectivity index is 1.52. The van der Waals surface area contributed by atoms with Crippen molar-refractivity contribution in [2.45, 2.75) is 18.9 Å². The molecule has 2 aromatic carbocycles. The van der Waals surface area contributed by atoms with Gasteiger partial charge in [-0.1, -0.05) is 54.6 Å². The number of carbonyl (C=O) groups is 1. The quantitative estimate of drug-likeness (QED) is 0.700. The maximum Gasteiger partial charge on any atom is 0.244 e. The predicted octanol–water partition coefficient (Wildman–Crippen LogP) is 4.52. The normalized spacial score (nSPS) is 15.4. The van der Waals surface area contributed by atoms with Crippen LogP contribution in [0.5, 0.6) is 0 Å². The standard InChI is InChI=1S/C22H20N2O/c25-20(24-22(19-11-12-19)17-6-2-1-3-7-17)14-13-18-9-4-8-16-10-5-15-23-21(16)18/h1-10,13-15,19,22H,11-12H2,(H,24,25)/b14-13+. The molecule has 0 spiro atoms. The van der Waals surface area contributed by atoms with Crippen molar-refractivity contribution in [1.82, 2.24) is 10.3 Å². The topological polar surface area (TPSA) is 42.0 Å². The number of fused-ring (bicyclic) bond motifs is 1. The molecule has 0 aliphatic heterocycles. The van der Waals surface area contributed by atoms with Gasteiger partial charge in [-0.2, -0.15) is 0 Å². The monoisotopic (exact) mass is 328 g/mol. The molecular formula is C22H20N2O. The van der Waals surface area contributed by atoms with Crippen LogP contribution in [0, 0.1) is 5.92 Å². The van der Waals surface area contributed by atoms with Crippen LogP contribution in [0.4, 0.5) is 0 Å². The minimum atomic E-state index is -0.0614. The van der Waals surface area contributed by atoms with E-state index in [9.17, 15) is 4.79 Å². The first-order chi connectivity index (χ1) is 12.3. The van der Waals surface area contributed by atoms with E-state index in [0.717, 1.165) is 16.5 Å². The van der Waals surface area contributed by atoms with Crippen LogP contribution in [-0.2, 0) is 4.79 Å². The summed E-state index contributed by atoms with van der Waals surface area (Å²) in [5, 5.41) is 4.24. The smallest absolute Gasteiger partial charge is 0.244 e. The summed E-state index contributed by atoms with van der Waals surface area (Å²) in [5.41, 5.74) is 3.05. The fourth-order valence-electron chi connectivity index (χ4n) is 3.19. The van der Waals surface area contributed by atoms with Crippen molar-refractivity contribution in [3.8, 4) is 0 Å². The molecule has 0 saturated heterocycles. The highest BCUT2D eigenvalue weighted by Gasteiger charge is 2.32. The summed E-state index contributed by atoms with van der Waals surface area (Å²) in [6, 6.07) is 20.3. The molecule has 1 N–H and O–H groups in total. The highest BCUT2D eigenvalue weighted by molar-refractivity contribution is 5.95. The lowest BCUT2D eigenvalue weighted by molar-refractivity contribution is -0.117. The molecule has 3 nitrogen and oxygen atoms in total. The number of para-hydroxylation sites is 1. The van der Waals surface area contributed by atoms with E-state index in [1.165, 1.54) is 18.4 Å². The molecule has 1 atom stereocenters. The van der Waals surface area contributed by atoms with Crippen molar-refractivity contribution < 1.29 is 4.79 Å². The number of aromatic nitrogens is 1. The van der Waals surface area contributed by atoms with Crippen molar-refractivity contribution in [2.24, 2.45) is 5.92 Å². The van der Waals surface area contributed by atoms with E-state index in [1.807, 2.05) is 54.6 Å². The molecule has 1 saturated carbocycles. The second-order valence-corrected chi connectivity index (χ2v) is 6.49. The van der Waals surface area contributed by atoms with Crippen LogP contribution in [0.2, 0.25) is 0 Å². The summed E-state index contributed by atoms with van der Waals surface area (Å²) < 4.78 is 0. The summed E-state index contributed by atoms with van der Waals surface area (Å²) in [5.74, 6) is 0.493. The minimum Gasteiger partial charge on any atom is -0.345 e. The molecule has 1 amide bonds. The van der Waals surface area contributed by atoms with Gasteiger partial charge in [0.05, 0.1) is 11.6 Å². The Morgan fingerprint density at radius 3 is 2.64 bits per heavy atom. The molecule has 1 aliphatic rings. The van der Waals surface area contributed by atoms with Crippen LogP contribution in [0.25, 0.3) is 17.0 Å². The number of hydrogen-bond acceptors (Lipinski definition) is 2. The van der Waals surface area contributed by atoms with Gasteiger partial charge in [0.25, 0.3) is 0 Å². The molecule has 4 rings (SSSR count). The number of nitrogens with zero attached hydrogens (tertiary/aromatic N) is 1. The first-order valence-electron chi connectivity index (χ1n) is 8.68. The van der Waals surface area contributed by atoms with E-state index in [2.05, 4.69) is 22.4 Å². The summed E-state index contributed by atoms with van der Waals surface area (Å²) in [7, 11) is 0. The van der Waals surface area contributed by atoms with Crippen molar-refractivity contribution >= 4 is 22.9 Å². The molecule has 1 heterocycles. The molecule has 1 unspecified atom stereocenters. The van der Waals surface area contributed by atoms with Gasteiger partial charge in [-0.25, -0.2) is 0 Å².